The lowest BCUT2D eigenvalue weighted by Gasteiger charge is -2.14. The van der Waals surface area contributed by atoms with Gasteiger partial charge in [-0.1, -0.05) is 53.5 Å². The lowest BCUT2D eigenvalue weighted by molar-refractivity contribution is 0.0693. The molecule has 2 aromatic rings. The Morgan fingerprint density at radius 1 is 1.40 bits per heavy atom. The van der Waals surface area contributed by atoms with Crippen LogP contribution in [0.4, 0.5) is 0 Å². The molecular formula is C14H13BrClNO3. The fourth-order valence-corrected chi connectivity index (χ4v) is 2.47. The molecule has 0 saturated heterocycles. The minimum absolute atomic E-state index is 0.0699. The van der Waals surface area contributed by atoms with Gasteiger partial charge in [0.25, 0.3) is 0 Å². The zero-order valence-corrected chi connectivity index (χ0v) is 13.5. The number of carboxylic acids is 1. The van der Waals surface area contributed by atoms with E-state index in [-0.39, 0.29) is 11.3 Å². The van der Waals surface area contributed by atoms with Crippen LogP contribution < -0.4 is 0 Å². The summed E-state index contributed by atoms with van der Waals surface area (Å²) in [6.45, 7) is 5.62. The Bertz CT molecular complexity index is 674. The summed E-state index contributed by atoms with van der Waals surface area (Å²) < 4.78 is 5.98. The molecule has 0 saturated carbocycles. The monoisotopic (exact) mass is 357 g/mol. The van der Waals surface area contributed by atoms with Crippen LogP contribution in [0.1, 0.15) is 36.9 Å². The normalized spacial score (nSPS) is 11.7. The largest absolute Gasteiger partial charge is 0.477 e. The molecule has 4 nitrogen and oxygen atoms in total. The van der Waals surface area contributed by atoms with Crippen LogP contribution in [0, 0.1) is 0 Å². The Morgan fingerprint density at radius 3 is 2.60 bits per heavy atom. The first-order chi connectivity index (χ1) is 9.21. The van der Waals surface area contributed by atoms with E-state index in [2.05, 4.69) is 21.1 Å². The van der Waals surface area contributed by atoms with Crippen molar-refractivity contribution in [1.82, 2.24) is 5.16 Å². The van der Waals surface area contributed by atoms with E-state index in [1.165, 1.54) is 0 Å². The summed E-state index contributed by atoms with van der Waals surface area (Å²) in [5, 5.41) is 13.9. The molecule has 1 N–H and O–H groups in total. The summed E-state index contributed by atoms with van der Waals surface area (Å²) >= 11 is 9.35. The van der Waals surface area contributed by atoms with Crippen molar-refractivity contribution >= 4 is 33.5 Å². The standard InChI is InChI=1S/C14H13BrClNO3/c1-14(2,3)12-10(13(18)19)11(17-20-12)8-6-7(16)4-5-9(8)15/h4-6H,1-3H3,(H,18,19). The number of rotatable bonds is 2. The Hall–Kier alpha value is -1.33. The molecule has 0 radical (unpaired) electrons. The maximum absolute atomic E-state index is 11.6. The fraction of sp³-hybridized carbons (Fsp3) is 0.286. The Kier molecular flexibility index (Phi) is 3.93. The maximum Gasteiger partial charge on any atom is 0.341 e. The molecule has 2 rings (SSSR count). The number of aromatic carboxylic acids is 1. The van der Waals surface area contributed by atoms with Gasteiger partial charge in [0.1, 0.15) is 11.3 Å². The molecule has 0 atom stereocenters. The minimum atomic E-state index is -1.07. The zero-order valence-electron chi connectivity index (χ0n) is 11.2. The summed E-state index contributed by atoms with van der Waals surface area (Å²) in [4.78, 5) is 11.6. The van der Waals surface area contributed by atoms with Gasteiger partial charge < -0.3 is 9.63 Å². The maximum atomic E-state index is 11.6. The summed E-state index contributed by atoms with van der Waals surface area (Å²) in [6, 6.07) is 5.11. The van der Waals surface area contributed by atoms with Gasteiger partial charge in [0.2, 0.25) is 0 Å². The molecule has 0 aliphatic heterocycles. The Labute approximate surface area is 129 Å². The number of carbonyl (C=O) groups is 1. The molecule has 0 aliphatic rings. The molecule has 0 bridgehead atoms. The first-order valence-corrected chi connectivity index (χ1v) is 7.07. The van der Waals surface area contributed by atoms with Crippen LogP contribution in [0.2, 0.25) is 5.02 Å². The molecule has 0 aliphatic carbocycles. The third kappa shape index (κ3) is 2.74. The molecule has 1 aromatic carbocycles. The van der Waals surface area contributed by atoms with Crippen LogP contribution in [0.5, 0.6) is 0 Å². The SMILES string of the molecule is CC(C)(C)c1onc(-c2cc(Cl)ccc2Br)c1C(=O)O. The van der Waals surface area contributed by atoms with Crippen LogP contribution >= 0.6 is 27.5 Å². The first kappa shape index (κ1) is 15.1. The predicted molar refractivity (Wildman–Crippen MR) is 80.3 cm³/mol. The highest BCUT2D eigenvalue weighted by atomic mass is 79.9. The number of carboxylic acid groups (broad SMARTS) is 1. The van der Waals surface area contributed by atoms with Crippen LogP contribution in [-0.4, -0.2) is 16.2 Å². The van der Waals surface area contributed by atoms with Gasteiger partial charge in [-0.05, 0) is 18.2 Å². The predicted octanol–water partition coefficient (Wildman–Crippen LogP) is 4.75. The van der Waals surface area contributed by atoms with Gasteiger partial charge in [-0.15, -0.1) is 0 Å². The van der Waals surface area contributed by atoms with E-state index in [9.17, 15) is 9.90 Å². The molecule has 6 heteroatoms. The van der Waals surface area contributed by atoms with Crippen molar-refractivity contribution in [3.8, 4) is 11.3 Å². The number of nitrogens with zero attached hydrogens (tertiary/aromatic N) is 1. The van der Waals surface area contributed by atoms with E-state index in [0.717, 1.165) is 0 Å². The average Bonchev–Trinajstić information content (AvgIpc) is 2.76. The van der Waals surface area contributed by atoms with Crippen LogP contribution in [0.25, 0.3) is 11.3 Å². The van der Waals surface area contributed by atoms with Gasteiger partial charge in [-0.2, -0.15) is 0 Å². The molecule has 1 heterocycles. The van der Waals surface area contributed by atoms with E-state index in [4.69, 9.17) is 16.1 Å². The second-order valence-electron chi connectivity index (χ2n) is 5.41. The third-order valence-corrected chi connectivity index (χ3v) is 3.70. The number of hydrogen-bond acceptors (Lipinski definition) is 3. The van der Waals surface area contributed by atoms with Crippen molar-refractivity contribution in [3.63, 3.8) is 0 Å². The van der Waals surface area contributed by atoms with Gasteiger partial charge in [0.05, 0.1) is 0 Å². The second-order valence-corrected chi connectivity index (χ2v) is 6.71. The minimum Gasteiger partial charge on any atom is -0.477 e. The van der Waals surface area contributed by atoms with Gasteiger partial charge in [0, 0.05) is 20.5 Å². The van der Waals surface area contributed by atoms with E-state index < -0.39 is 11.4 Å². The van der Waals surface area contributed by atoms with Crippen LogP contribution in [0.3, 0.4) is 0 Å². The fourth-order valence-electron chi connectivity index (χ4n) is 1.86. The van der Waals surface area contributed by atoms with E-state index in [0.29, 0.717) is 20.8 Å². The number of hydrogen-bond donors (Lipinski definition) is 1. The zero-order chi connectivity index (χ0) is 15.1. The van der Waals surface area contributed by atoms with Gasteiger partial charge in [-0.3, -0.25) is 0 Å². The molecular weight excluding hydrogens is 346 g/mol. The first-order valence-electron chi connectivity index (χ1n) is 5.90. The molecule has 1 aromatic heterocycles. The van der Waals surface area contributed by atoms with Crippen molar-refractivity contribution in [1.29, 1.82) is 0 Å². The summed E-state index contributed by atoms with van der Waals surface area (Å²) in [5.41, 5.74) is 0.482. The highest BCUT2D eigenvalue weighted by molar-refractivity contribution is 9.10. The van der Waals surface area contributed by atoms with E-state index >= 15 is 0 Å². The van der Waals surface area contributed by atoms with E-state index in [1.54, 1.807) is 18.2 Å². The number of halogens is 2. The Balaban J connectivity index is 2.73. The van der Waals surface area contributed by atoms with Crippen LogP contribution in [0.15, 0.2) is 27.2 Å². The molecule has 0 spiro atoms. The average molecular weight is 359 g/mol. The Morgan fingerprint density at radius 2 is 2.05 bits per heavy atom. The third-order valence-electron chi connectivity index (χ3n) is 2.77. The highest BCUT2D eigenvalue weighted by Crippen LogP contribution is 2.37. The van der Waals surface area contributed by atoms with Crippen molar-refractivity contribution in [2.45, 2.75) is 26.2 Å². The van der Waals surface area contributed by atoms with Crippen molar-refractivity contribution in [2.75, 3.05) is 0 Å². The van der Waals surface area contributed by atoms with Gasteiger partial charge in [0.15, 0.2) is 5.76 Å². The van der Waals surface area contributed by atoms with Crippen LogP contribution in [-0.2, 0) is 5.41 Å². The molecule has 0 amide bonds. The second kappa shape index (κ2) is 5.22. The summed E-state index contributed by atoms with van der Waals surface area (Å²) in [6.07, 6.45) is 0. The van der Waals surface area contributed by atoms with Crippen molar-refractivity contribution < 1.29 is 14.4 Å². The number of aromatic nitrogens is 1. The van der Waals surface area contributed by atoms with Gasteiger partial charge >= 0.3 is 5.97 Å². The summed E-state index contributed by atoms with van der Waals surface area (Å²) in [5.74, 6) is -0.732. The molecule has 20 heavy (non-hydrogen) atoms. The molecule has 0 fully saturated rings. The van der Waals surface area contributed by atoms with Crippen molar-refractivity contribution in [2.24, 2.45) is 0 Å². The summed E-state index contributed by atoms with van der Waals surface area (Å²) in [7, 11) is 0. The quantitative estimate of drug-likeness (QED) is 0.841. The van der Waals surface area contributed by atoms with Crippen molar-refractivity contribution in [3.05, 3.63) is 39.0 Å². The van der Waals surface area contributed by atoms with Gasteiger partial charge in [-0.25, -0.2) is 4.79 Å². The number of benzene rings is 1. The molecule has 0 unspecified atom stereocenters. The highest BCUT2D eigenvalue weighted by Gasteiger charge is 2.31. The lowest BCUT2D eigenvalue weighted by atomic mass is 9.89. The van der Waals surface area contributed by atoms with E-state index in [1.807, 2.05) is 20.8 Å². The smallest absolute Gasteiger partial charge is 0.341 e. The topological polar surface area (TPSA) is 63.3 Å². The molecule has 106 valence electrons. The lowest BCUT2D eigenvalue weighted by Crippen LogP contribution is -2.15.